The zero-order chi connectivity index (χ0) is 18.8. The van der Waals surface area contributed by atoms with Crippen LogP contribution in [0.1, 0.15) is 39.4 Å². The van der Waals surface area contributed by atoms with Gasteiger partial charge in [0.25, 0.3) is 5.91 Å². The van der Waals surface area contributed by atoms with Crippen LogP contribution >= 0.6 is 0 Å². The molecule has 1 aromatic carbocycles. The molecule has 26 heavy (non-hydrogen) atoms. The molecule has 2 aromatic heterocycles. The number of carbonyl (C=O) groups is 2. The van der Waals surface area contributed by atoms with Crippen molar-refractivity contribution in [3.05, 3.63) is 58.8 Å². The molecule has 0 fully saturated rings. The Morgan fingerprint density at radius 3 is 2.50 bits per heavy atom. The van der Waals surface area contributed by atoms with Gasteiger partial charge in [-0.1, -0.05) is 17.7 Å². The summed E-state index contributed by atoms with van der Waals surface area (Å²) in [4.78, 5) is 32.2. The van der Waals surface area contributed by atoms with E-state index in [1.807, 2.05) is 45.0 Å². The summed E-state index contributed by atoms with van der Waals surface area (Å²) < 4.78 is 1.74. The van der Waals surface area contributed by atoms with Gasteiger partial charge in [-0.15, -0.1) is 0 Å². The molecule has 0 aliphatic heterocycles. The van der Waals surface area contributed by atoms with Crippen molar-refractivity contribution < 1.29 is 9.59 Å². The smallest absolute Gasteiger partial charge is 0.271 e. The third kappa shape index (κ3) is 3.42. The number of primary amides is 1. The highest BCUT2D eigenvalue weighted by Crippen LogP contribution is 2.19. The first-order chi connectivity index (χ1) is 12.4. The van der Waals surface area contributed by atoms with E-state index in [9.17, 15) is 9.59 Å². The van der Waals surface area contributed by atoms with Crippen LogP contribution in [0.3, 0.4) is 0 Å². The lowest BCUT2D eigenvalue weighted by atomic mass is 10.1. The largest absolute Gasteiger partial charge is 0.364 e. The molecule has 2 heterocycles. The van der Waals surface area contributed by atoms with E-state index in [0.717, 1.165) is 28.2 Å². The summed E-state index contributed by atoms with van der Waals surface area (Å²) in [7, 11) is 0. The number of fused-ring (bicyclic) bond motifs is 1. The summed E-state index contributed by atoms with van der Waals surface area (Å²) in [5.41, 5.74) is 10.5. The predicted octanol–water partition coefficient (Wildman–Crippen LogP) is 2.32. The molecular weight excluding hydrogens is 330 g/mol. The number of hydrogen-bond donors (Lipinski definition) is 2. The average molecular weight is 351 g/mol. The Hall–Kier alpha value is -3.22. The van der Waals surface area contributed by atoms with Crippen molar-refractivity contribution in [2.45, 2.75) is 33.6 Å². The molecule has 3 aromatic rings. The fraction of sp³-hybridized carbons (Fsp3) is 0.263. The topological polar surface area (TPSA) is 102 Å². The van der Waals surface area contributed by atoms with Crippen molar-refractivity contribution in [3.8, 4) is 0 Å². The number of anilines is 1. The molecule has 0 aliphatic rings. The molecule has 134 valence electrons. The molecule has 0 spiro atoms. The number of aryl methyl sites for hydroxylation is 3. The molecule has 3 N–H and O–H groups in total. The first-order valence-electron chi connectivity index (χ1n) is 8.36. The first kappa shape index (κ1) is 17.6. The van der Waals surface area contributed by atoms with Crippen LogP contribution in [0.2, 0.25) is 0 Å². The van der Waals surface area contributed by atoms with E-state index < -0.39 is 5.91 Å². The number of nitrogens with two attached hydrogens (primary N) is 1. The number of benzene rings is 1. The first-order valence-corrected chi connectivity index (χ1v) is 8.36. The van der Waals surface area contributed by atoms with Gasteiger partial charge in [-0.3, -0.25) is 14.0 Å². The van der Waals surface area contributed by atoms with Crippen LogP contribution in [-0.4, -0.2) is 26.2 Å². The Morgan fingerprint density at radius 1 is 1.15 bits per heavy atom. The molecule has 0 bridgehead atoms. The zero-order valence-corrected chi connectivity index (χ0v) is 15.0. The van der Waals surface area contributed by atoms with Crippen LogP contribution in [0, 0.1) is 20.8 Å². The number of amides is 2. The number of hydrogen-bond acceptors (Lipinski definition) is 4. The minimum Gasteiger partial charge on any atom is -0.364 e. The molecule has 0 saturated heterocycles. The number of rotatable bonds is 5. The molecule has 2 amide bonds. The van der Waals surface area contributed by atoms with Crippen molar-refractivity contribution in [1.82, 2.24) is 14.4 Å². The second-order valence-corrected chi connectivity index (χ2v) is 6.33. The normalized spacial score (nSPS) is 10.9. The fourth-order valence-corrected chi connectivity index (χ4v) is 2.96. The zero-order valence-electron chi connectivity index (χ0n) is 15.0. The van der Waals surface area contributed by atoms with Gasteiger partial charge in [0.05, 0.1) is 0 Å². The molecule has 7 nitrogen and oxygen atoms in total. The molecule has 3 rings (SSSR count). The number of carbonyl (C=O) groups excluding carboxylic acids is 2. The highest BCUT2D eigenvalue weighted by atomic mass is 16.2. The standard InChI is InChI=1S/C19H21N5O2/c1-11-4-6-14(7-5-11)23-16(25)9-8-15-12(2)22-19-17(18(20)26)21-10-24(19)13(15)3/h4-7,10H,8-9H2,1-3H3,(H2,20,26)(H,23,25). The summed E-state index contributed by atoms with van der Waals surface area (Å²) in [6, 6.07) is 7.68. The Morgan fingerprint density at radius 2 is 1.85 bits per heavy atom. The second-order valence-electron chi connectivity index (χ2n) is 6.33. The molecule has 7 heteroatoms. The number of nitrogens with zero attached hydrogens (tertiary/aromatic N) is 3. The average Bonchev–Trinajstić information content (AvgIpc) is 3.01. The molecule has 0 atom stereocenters. The molecule has 0 unspecified atom stereocenters. The van der Waals surface area contributed by atoms with Crippen LogP contribution in [0.5, 0.6) is 0 Å². The highest BCUT2D eigenvalue weighted by molar-refractivity contribution is 5.96. The Balaban J connectivity index is 1.77. The van der Waals surface area contributed by atoms with Gasteiger partial charge in [-0.05, 0) is 44.9 Å². The van der Waals surface area contributed by atoms with Crippen LogP contribution in [0.15, 0.2) is 30.6 Å². The van der Waals surface area contributed by atoms with Crippen molar-refractivity contribution >= 4 is 23.1 Å². The molecule has 0 radical (unpaired) electrons. The van der Waals surface area contributed by atoms with Crippen molar-refractivity contribution in [2.75, 3.05) is 5.32 Å². The Kier molecular flexibility index (Phi) is 4.71. The summed E-state index contributed by atoms with van der Waals surface area (Å²) in [5.74, 6) is -0.666. The van der Waals surface area contributed by atoms with Gasteiger partial charge in [0, 0.05) is 23.5 Å². The van der Waals surface area contributed by atoms with Gasteiger partial charge in [-0.2, -0.15) is 0 Å². The summed E-state index contributed by atoms with van der Waals surface area (Å²) in [6.45, 7) is 5.78. The number of nitrogens with one attached hydrogen (secondary N) is 1. The quantitative estimate of drug-likeness (QED) is 0.736. The SMILES string of the molecule is Cc1ccc(NC(=O)CCc2c(C)nc3c(C(N)=O)ncn3c2C)cc1. The van der Waals surface area contributed by atoms with Gasteiger partial charge >= 0.3 is 0 Å². The maximum Gasteiger partial charge on any atom is 0.271 e. The van der Waals surface area contributed by atoms with Gasteiger partial charge in [-0.25, -0.2) is 9.97 Å². The molecule has 0 saturated carbocycles. The minimum absolute atomic E-state index is 0.0591. The lowest BCUT2D eigenvalue weighted by Crippen LogP contribution is -2.15. The van der Waals surface area contributed by atoms with Gasteiger partial charge < -0.3 is 11.1 Å². The van der Waals surface area contributed by atoms with Crippen LogP contribution in [0.4, 0.5) is 5.69 Å². The third-order valence-corrected chi connectivity index (χ3v) is 4.42. The summed E-state index contributed by atoms with van der Waals surface area (Å²) in [6.07, 6.45) is 2.41. The second kappa shape index (κ2) is 6.95. The van der Waals surface area contributed by atoms with Crippen molar-refractivity contribution in [1.29, 1.82) is 0 Å². The monoisotopic (exact) mass is 351 g/mol. The predicted molar refractivity (Wildman–Crippen MR) is 99.1 cm³/mol. The third-order valence-electron chi connectivity index (χ3n) is 4.42. The fourth-order valence-electron chi connectivity index (χ4n) is 2.96. The molecule has 0 aliphatic carbocycles. The van der Waals surface area contributed by atoms with E-state index in [2.05, 4.69) is 15.3 Å². The van der Waals surface area contributed by atoms with E-state index in [1.165, 1.54) is 6.33 Å². The van der Waals surface area contributed by atoms with Gasteiger partial charge in [0.1, 0.15) is 6.33 Å². The number of imidazole rings is 1. The minimum atomic E-state index is -0.607. The lowest BCUT2D eigenvalue weighted by molar-refractivity contribution is -0.116. The van der Waals surface area contributed by atoms with Gasteiger partial charge in [0.2, 0.25) is 5.91 Å². The van der Waals surface area contributed by atoms with Crippen molar-refractivity contribution in [3.63, 3.8) is 0 Å². The Bertz CT molecular complexity index is 989. The lowest BCUT2D eigenvalue weighted by Gasteiger charge is -2.12. The van der Waals surface area contributed by atoms with Crippen LogP contribution in [0.25, 0.3) is 5.65 Å². The highest BCUT2D eigenvalue weighted by Gasteiger charge is 2.17. The Labute approximate surface area is 151 Å². The summed E-state index contributed by atoms with van der Waals surface area (Å²) >= 11 is 0. The van der Waals surface area contributed by atoms with E-state index in [-0.39, 0.29) is 11.6 Å². The molecular formula is C19H21N5O2. The van der Waals surface area contributed by atoms with E-state index in [1.54, 1.807) is 4.40 Å². The van der Waals surface area contributed by atoms with Gasteiger partial charge in [0.15, 0.2) is 11.3 Å². The summed E-state index contributed by atoms with van der Waals surface area (Å²) in [5, 5.41) is 2.89. The van der Waals surface area contributed by atoms with E-state index in [4.69, 9.17) is 5.73 Å². The van der Waals surface area contributed by atoms with Crippen LogP contribution < -0.4 is 11.1 Å². The van der Waals surface area contributed by atoms with Crippen molar-refractivity contribution in [2.24, 2.45) is 5.73 Å². The van der Waals surface area contributed by atoms with Crippen LogP contribution in [-0.2, 0) is 11.2 Å². The maximum absolute atomic E-state index is 12.2. The number of aromatic nitrogens is 3. The van der Waals surface area contributed by atoms with E-state index >= 15 is 0 Å². The van der Waals surface area contributed by atoms with E-state index in [0.29, 0.717) is 18.5 Å². The maximum atomic E-state index is 12.2.